The Labute approximate surface area is 165 Å². The van der Waals surface area contributed by atoms with Crippen molar-refractivity contribution in [1.29, 1.82) is 0 Å². The van der Waals surface area contributed by atoms with E-state index < -0.39 is 8.32 Å². The third kappa shape index (κ3) is 3.73. The number of rotatable bonds is 5. The van der Waals surface area contributed by atoms with Crippen molar-refractivity contribution in [3.8, 4) is 0 Å². The predicted octanol–water partition coefficient (Wildman–Crippen LogP) is 2.80. The Morgan fingerprint density at radius 3 is 2.70 bits per heavy atom. The maximum absolute atomic E-state index is 9.84. The minimum Gasteiger partial charge on any atom is -0.411 e. The van der Waals surface area contributed by atoms with Gasteiger partial charge in [-0.1, -0.05) is 20.8 Å². The van der Waals surface area contributed by atoms with E-state index in [4.69, 9.17) is 14.9 Å². The van der Waals surface area contributed by atoms with Crippen LogP contribution in [0.4, 0.5) is 5.82 Å². The zero-order valence-corrected chi connectivity index (χ0v) is 18.6. The van der Waals surface area contributed by atoms with Gasteiger partial charge in [0.15, 0.2) is 20.2 Å². The molecule has 0 radical (unpaired) electrons. The smallest absolute Gasteiger partial charge is 0.192 e. The van der Waals surface area contributed by atoms with E-state index in [2.05, 4.69) is 48.9 Å². The van der Waals surface area contributed by atoms with E-state index in [0.29, 0.717) is 17.9 Å². The number of ether oxygens (including phenoxy) is 1. The van der Waals surface area contributed by atoms with Crippen molar-refractivity contribution in [2.75, 3.05) is 18.6 Å². The van der Waals surface area contributed by atoms with Crippen molar-refractivity contribution in [3.05, 3.63) is 6.33 Å². The molecule has 0 saturated carbocycles. The summed E-state index contributed by atoms with van der Waals surface area (Å²) in [6.07, 6.45) is 3.04. The number of aliphatic hydroxyl groups excluding tert-OH is 1. The molecule has 1 aliphatic heterocycles. The summed E-state index contributed by atoms with van der Waals surface area (Å²) in [5, 5.41) is 16.1. The third-order valence-electron chi connectivity index (χ3n) is 5.56. The summed E-state index contributed by atoms with van der Waals surface area (Å²) < 4.78 is 14.4. The van der Waals surface area contributed by atoms with Gasteiger partial charge in [-0.25, -0.2) is 14.6 Å². The second kappa shape index (κ2) is 7.32. The number of aliphatic hydroxyl groups is 1. The molecule has 1 aliphatic rings. The zero-order chi connectivity index (χ0) is 20.0. The van der Waals surface area contributed by atoms with Gasteiger partial charge >= 0.3 is 0 Å². The van der Waals surface area contributed by atoms with Crippen LogP contribution < -0.4 is 5.73 Å². The molecule has 0 spiro atoms. The summed E-state index contributed by atoms with van der Waals surface area (Å²) in [6, 6.07) is 0. The van der Waals surface area contributed by atoms with Gasteiger partial charge in [0.25, 0.3) is 0 Å². The van der Waals surface area contributed by atoms with Crippen molar-refractivity contribution in [2.24, 2.45) is 0 Å². The number of nitrogens with zero attached hydrogens (tertiary/aromatic N) is 4. The number of nitrogens with two attached hydrogens (primary N) is 1. The molecule has 8 nitrogen and oxygen atoms in total. The summed E-state index contributed by atoms with van der Waals surface area (Å²) in [7, 11) is -1.99. The summed E-state index contributed by atoms with van der Waals surface area (Å²) in [5.41, 5.74) is 6.68. The first-order valence-electron chi connectivity index (χ1n) is 9.06. The summed E-state index contributed by atoms with van der Waals surface area (Å²) >= 11 is 1.49. The van der Waals surface area contributed by atoms with E-state index in [0.717, 1.165) is 10.4 Å². The molecular formula is C17H29N5O3SSi. The lowest BCUT2D eigenvalue weighted by molar-refractivity contribution is -0.0453. The summed E-state index contributed by atoms with van der Waals surface area (Å²) in [6.45, 7) is 10.9. The Morgan fingerprint density at radius 1 is 1.41 bits per heavy atom. The number of hydrogen-bond donors (Lipinski definition) is 2. The first-order chi connectivity index (χ1) is 12.6. The van der Waals surface area contributed by atoms with Gasteiger partial charge in [-0.05, 0) is 24.4 Å². The highest BCUT2D eigenvalue weighted by molar-refractivity contribution is 7.98. The Kier molecular flexibility index (Phi) is 5.57. The molecule has 0 bridgehead atoms. The van der Waals surface area contributed by atoms with E-state index in [1.54, 1.807) is 4.68 Å². The molecule has 10 heteroatoms. The fraction of sp³-hybridized carbons (Fsp3) is 0.706. The first-order valence-corrected chi connectivity index (χ1v) is 13.2. The molecule has 3 rings (SSSR count). The number of nitrogen functional groups attached to an aromatic ring is 1. The SMILES string of the molecule is CSc1nn([C@H]2C[C@@H](O[Si](C)(C)C(C)(C)C)[C@@H](CO)O2)c2ncnc(N)c12. The van der Waals surface area contributed by atoms with Crippen LogP contribution in [-0.4, -0.2) is 58.2 Å². The molecule has 3 heterocycles. The second-order valence-corrected chi connectivity index (χ2v) is 13.9. The molecule has 2 aromatic heterocycles. The molecule has 2 aromatic rings. The number of fused-ring (bicyclic) bond motifs is 1. The van der Waals surface area contributed by atoms with Crippen LogP contribution in [0, 0.1) is 0 Å². The Balaban J connectivity index is 1.92. The van der Waals surface area contributed by atoms with Gasteiger partial charge in [-0.3, -0.25) is 0 Å². The number of aromatic nitrogens is 4. The molecule has 27 heavy (non-hydrogen) atoms. The molecule has 150 valence electrons. The quantitative estimate of drug-likeness (QED) is 0.571. The van der Waals surface area contributed by atoms with Crippen LogP contribution in [0.2, 0.25) is 18.1 Å². The topological polar surface area (TPSA) is 108 Å². The van der Waals surface area contributed by atoms with Crippen LogP contribution in [0.15, 0.2) is 11.4 Å². The van der Waals surface area contributed by atoms with Crippen LogP contribution in [0.3, 0.4) is 0 Å². The van der Waals surface area contributed by atoms with Crippen molar-refractivity contribution in [3.63, 3.8) is 0 Å². The molecule has 0 amide bonds. The Bertz CT molecular complexity index is 823. The first kappa shape index (κ1) is 20.5. The van der Waals surface area contributed by atoms with Gasteiger partial charge in [-0.15, -0.1) is 11.8 Å². The number of thioether (sulfide) groups is 1. The second-order valence-electron chi connectivity index (χ2n) is 8.38. The van der Waals surface area contributed by atoms with E-state index in [-0.39, 0.29) is 30.1 Å². The average molecular weight is 412 g/mol. The van der Waals surface area contributed by atoms with Crippen molar-refractivity contribution < 1.29 is 14.3 Å². The normalized spacial score (nSPS) is 24.0. The Morgan fingerprint density at radius 2 is 2.11 bits per heavy atom. The maximum atomic E-state index is 9.84. The van der Waals surface area contributed by atoms with Gasteiger partial charge in [0.05, 0.1) is 18.1 Å². The predicted molar refractivity (Wildman–Crippen MR) is 109 cm³/mol. The molecule has 3 atom stereocenters. The lowest BCUT2D eigenvalue weighted by atomic mass is 10.2. The number of anilines is 1. The van der Waals surface area contributed by atoms with Gasteiger partial charge in [0, 0.05) is 6.42 Å². The van der Waals surface area contributed by atoms with Crippen molar-refractivity contribution in [1.82, 2.24) is 19.7 Å². The average Bonchev–Trinajstić information content (AvgIpc) is 3.15. The molecule has 0 aromatic carbocycles. The molecule has 0 unspecified atom stereocenters. The van der Waals surface area contributed by atoms with E-state index in [9.17, 15) is 5.11 Å². The van der Waals surface area contributed by atoms with Crippen LogP contribution in [0.25, 0.3) is 11.0 Å². The van der Waals surface area contributed by atoms with Gasteiger partial charge in [0.2, 0.25) is 0 Å². The van der Waals surface area contributed by atoms with E-state index in [1.165, 1.54) is 18.1 Å². The van der Waals surface area contributed by atoms with Crippen LogP contribution in [0.5, 0.6) is 0 Å². The van der Waals surface area contributed by atoms with Gasteiger partial charge in [0.1, 0.15) is 23.3 Å². The highest BCUT2D eigenvalue weighted by atomic mass is 32.2. The maximum Gasteiger partial charge on any atom is 0.192 e. The molecule has 3 N–H and O–H groups in total. The highest BCUT2D eigenvalue weighted by Gasteiger charge is 2.45. The monoisotopic (exact) mass is 411 g/mol. The van der Waals surface area contributed by atoms with E-state index in [1.807, 2.05) is 6.26 Å². The molecule has 1 fully saturated rings. The standard InChI is InChI=1S/C17H29N5O3SSi/c1-17(2,3)27(5,6)25-10-7-12(24-11(10)8-23)22-15-13(16(21-22)26-4)14(18)19-9-20-15/h9-12,23H,7-8H2,1-6H3,(H2,18,19,20)/t10-,11-,12-/m1/s1. The highest BCUT2D eigenvalue weighted by Crippen LogP contribution is 2.42. The minimum absolute atomic E-state index is 0.0805. The summed E-state index contributed by atoms with van der Waals surface area (Å²) in [4.78, 5) is 8.44. The largest absolute Gasteiger partial charge is 0.411 e. The van der Waals surface area contributed by atoms with Crippen molar-refractivity contribution in [2.45, 2.75) is 68.8 Å². The van der Waals surface area contributed by atoms with Crippen LogP contribution in [0.1, 0.15) is 33.4 Å². The lowest BCUT2D eigenvalue weighted by Crippen LogP contribution is -2.46. The number of hydrogen-bond acceptors (Lipinski definition) is 8. The molecule has 1 saturated heterocycles. The zero-order valence-electron chi connectivity index (χ0n) is 16.8. The Hall–Kier alpha value is -1.20. The van der Waals surface area contributed by atoms with Gasteiger partial charge < -0.3 is 20.0 Å². The van der Waals surface area contributed by atoms with Gasteiger partial charge in [-0.2, -0.15) is 5.10 Å². The lowest BCUT2D eigenvalue weighted by Gasteiger charge is -2.39. The van der Waals surface area contributed by atoms with Crippen LogP contribution in [-0.2, 0) is 9.16 Å². The molecular weight excluding hydrogens is 382 g/mol. The van der Waals surface area contributed by atoms with E-state index >= 15 is 0 Å². The molecule has 0 aliphatic carbocycles. The fourth-order valence-electron chi connectivity index (χ4n) is 3.00. The summed E-state index contributed by atoms with van der Waals surface area (Å²) in [5.74, 6) is 0.404. The fourth-order valence-corrected chi connectivity index (χ4v) is 4.93. The van der Waals surface area contributed by atoms with Crippen LogP contribution >= 0.6 is 11.8 Å². The third-order valence-corrected chi connectivity index (χ3v) is 10.7. The minimum atomic E-state index is -1.99. The van der Waals surface area contributed by atoms with Crippen molar-refractivity contribution >= 4 is 36.9 Å².